The third-order valence-corrected chi connectivity index (χ3v) is 2.34. The van der Waals surface area contributed by atoms with Gasteiger partial charge in [-0.1, -0.05) is 32.9 Å². The lowest BCUT2D eigenvalue weighted by molar-refractivity contribution is 0.590. The van der Waals surface area contributed by atoms with E-state index >= 15 is 0 Å². The van der Waals surface area contributed by atoms with Gasteiger partial charge in [-0.05, 0) is 36.5 Å². The zero-order valence-electron chi connectivity index (χ0n) is 9.76. The minimum atomic E-state index is 0.200. The molecular weight excluding hydrogens is 170 g/mol. The van der Waals surface area contributed by atoms with Crippen LogP contribution in [-0.4, -0.2) is 6.21 Å². The minimum absolute atomic E-state index is 0.200. The van der Waals surface area contributed by atoms with Crippen LogP contribution in [0.15, 0.2) is 23.2 Å². The van der Waals surface area contributed by atoms with Crippen molar-refractivity contribution in [2.24, 2.45) is 4.99 Å². The predicted octanol–water partition coefficient (Wildman–Crippen LogP) is 4.01. The second-order valence-electron chi connectivity index (χ2n) is 4.64. The molecule has 1 aromatic rings. The second kappa shape index (κ2) is 3.95. The van der Waals surface area contributed by atoms with Crippen molar-refractivity contribution in [2.75, 3.05) is 0 Å². The first-order chi connectivity index (χ1) is 6.45. The molecule has 14 heavy (non-hydrogen) atoms. The molecule has 76 valence electrons. The maximum atomic E-state index is 4.36. The molecule has 0 atom stereocenters. The van der Waals surface area contributed by atoms with Gasteiger partial charge in [-0.25, -0.2) is 0 Å². The predicted molar refractivity (Wildman–Crippen MR) is 63.7 cm³/mol. The lowest BCUT2D eigenvalue weighted by atomic mass is 9.86. The van der Waals surface area contributed by atoms with E-state index < -0.39 is 0 Å². The van der Waals surface area contributed by atoms with E-state index in [0.29, 0.717) is 0 Å². The lowest BCUT2D eigenvalue weighted by Gasteiger charge is -2.19. The number of hydrogen-bond acceptors (Lipinski definition) is 1. The first-order valence-corrected chi connectivity index (χ1v) is 5.05. The summed E-state index contributed by atoms with van der Waals surface area (Å²) in [5, 5.41) is 0. The van der Waals surface area contributed by atoms with Crippen molar-refractivity contribution in [3.05, 3.63) is 29.3 Å². The van der Waals surface area contributed by atoms with Crippen LogP contribution in [0.25, 0.3) is 0 Å². The molecule has 0 spiro atoms. The molecule has 0 saturated heterocycles. The van der Waals surface area contributed by atoms with Crippen molar-refractivity contribution in [1.82, 2.24) is 0 Å². The van der Waals surface area contributed by atoms with Crippen LogP contribution >= 0.6 is 0 Å². The molecule has 0 N–H and O–H groups in total. The van der Waals surface area contributed by atoms with Gasteiger partial charge >= 0.3 is 0 Å². The van der Waals surface area contributed by atoms with E-state index in [2.05, 4.69) is 50.9 Å². The first kappa shape index (κ1) is 11.0. The summed E-state index contributed by atoms with van der Waals surface area (Å²) in [4.78, 5) is 4.36. The van der Waals surface area contributed by atoms with Crippen LogP contribution in [0, 0.1) is 6.92 Å². The average Bonchev–Trinajstić information content (AvgIpc) is 2.07. The van der Waals surface area contributed by atoms with E-state index in [9.17, 15) is 0 Å². The van der Waals surface area contributed by atoms with Gasteiger partial charge in [0.05, 0.1) is 5.69 Å². The molecular formula is C13H19N. The summed E-state index contributed by atoms with van der Waals surface area (Å²) < 4.78 is 0. The van der Waals surface area contributed by atoms with Gasteiger partial charge in [0.1, 0.15) is 0 Å². The van der Waals surface area contributed by atoms with Crippen molar-refractivity contribution >= 4 is 11.9 Å². The summed E-state index contributed by atoms with van der Waals surface area (Å²) in [6, 6.07) is 6.50. The van der Waals surface area contributed by atoms with Gasteiger partial charge in [0.2, 0.25) is 0 Å². The van der Waals surface area contributed by atoms with Crippen molar-refractivity contribution in [3.8, 4) is 0 Å². The molecule has 0 fully saturated rings. The number of benzene rings is 1. The summed E-state index contributed by atoms with van der Waals surface area (Å²) in [6.07, 6.45) is 1.84. The Balaban J connectivity index is 3.19. The molecule has 0 aliphatic rings. The standard InChI is InChI=1S/C13H19N/c1-6-14-12-9-11(13(3,4)5)8-7-10(12)2/h6-9H,1-5H3/b14-6-. The third-order valence-electron chi connectivity index (χ3n) is 2.34. The second-order valence-corrected chi connectivity index (χ2v) is 4.64. The highest BCUT2D eigenvalue weighted by molar-refractivity contribution is 5.63. The Kier molecular flexibility index (Phi) is 3.10. The summed E-state index contributed by atoms with van der Waals surface area (Å²) >= 11 is 0. The fraction of sp³-hybridized carbons (Fsp3) is 0.462. The van der Waals surface area contributed by atoms with E-state index in [4.69, 9.17) is 0 Å². The van der Waals surface area contributed by atoms with Crippen LogP contribution in [0.3, 0.4) is 0 Å². The van der Waals surface area contributed by atoms with Crippen molar-refractivity contribution < 1.29 is 0 Å². The van der Waals surface area contributed by atoms with E-state index in [0.717, 1.165) is 5.69 Å². The van der Waals surface area contributed by atoms with E-state index in [1.54, 1.807) is 0 Å². The molecule has 1 aromatic carbocycles. The molecule has 1 heteroatoms. The highest BCUT2D eigenvalue weighted by atomic mass is 14.7. The highest BCUT2D eigenvalue weighted by Gasteiger charge is 2.14. The number of aliphatic imine (C=N–C) groups is 1. The van der Waals surface area contributed by atoms with Crippen LogP contribution in [0.5, 0.6) is 0 Å². The highest BCUT2D eigenvalue weighted by Crippen LogP contribution is 2.28. The van der Waals surface area contributed by atoms with Crippen molar-refractivity contribution in [3.63, 3.8) is 0 Å². The quantitative estimate of drug-likeness (QED) is 0.592. The van der Waals surface area contributed by atoms with E-state index in [1.165, 1.54) is 11.1 Å². The smallest absolute Gasteiger partial charge is 0.0657 e. The molecule has 0 bridgehead atoms. The van der Waals surface area contributed by atoms with E-state index in [-0.39, 0.29) is 5.41 Å². The molecule has 0 aliphatic carbocycles. The Morgan fingerprint density at radius 1 is 1.21 bits per heavy atom. The van der Waals surface area contributed by atoms with Crippen LogP contribution in [-0.2, 0) is 5.41 Å². The average molecular weight is 189 g/mol. The molecule has 0 amide bonds. The molecule has 0 aromatic heterocycles. The number of rotatable bonds is 1. The van der Waals surface area contributed by atoms with Crippen LogP contribution in [0.2, 0.25) is 0 Å². The van der Waals surface area contributed by atoms with Gasteiger partial charge in [0.15, 0.2) is 0 Å². The summed E-state index contributed by atoms with van der Waals surface area (Å²) in [7, 11) is 0. The Morgan fingerprint density at radius 3 is 2.36 bits per heavy atom. The fourth-order valence-electron chi connectivity index (χ4n) is 1.35. The van der Waals surface area contributed by atoms with Crippen molar-refractivity contribution in [2.45, 2.75) is 40.0 Å². The Bertz CT molecular complexity index is 343. The van der Waals surface area contributed by atoms with Crippen LogP contribution in [0.4, 0.5) is 5.69 Å². The largest absolute Gasteiger partial charge is 0.261 e. The Labute approximate surface area is 86.9 Å². The fourth-order valence-corrected chi connectivity index (χ4v) is 1.35. The van der Waals surface area contributed by atoms with Gasteiger partial charge in [0, 0.05) is 6.21 Å². The van der Waals surface area contributed by atoms with Crippen LogP contribution in [0.1, 0.15) is 38.8 Å². The van der Waals surface area contributed by atoms with Crippen molar-refractivity contribution in [1.29, 1.82) is 0 Å². The summed E-state index contributed by atoms with van der Waals surface area (Å²) in [5.74, 6) is 0. The van der Waals surface area contributed by atoms with Gasteiger partial charge < -0.3 is 0 Å². The summed E-state index contributed by atoms with van der Waals surface area (Å²) in [5.41, 5.74) is 3.85. The normalized spacial score (nSPS) is 12.4. The van der Waals surface area contributed by atoms with E-state index in [1.807, 2.05) is 13.1 Å². The molecule has 0 radical (unpaired) electrons. The molecule has 1 rings (SSSR count). The first-order valence-electron chi connectivity index (χ1n) is 5.05. The number of aryl methyl sites for hydroxylation is 1. The SMILES string of the molecule is C/C=N\c1cc(C(C)(C)C)ccc1C. The molecule has 1 nitrogen and oxygen atoms in total. The van der Waals surface area contributed by atoms with Crippen LogP contribution < -0.4 is 0 Å². The Morgan fingerprint density at radius 2 is 1.86 bits per heavy atom. The van der Waals surface area contributed by atoms with Gasteiger partial charge in [-0.15, -0.1) is 0 Å². The Hall–Kier alpha value is -1.11. The maximum absolute atomic E-state index is 4.36. The summed E-state index contributed by atoms with van der Waals surface area (Å²) in [6.45, 7) is 10.7. The monoisotopic (exact) mass is 189 g/mol. The maximum Gasteiger partial charge on any atom is 0.0657 e. The molecule has 0 aliphatic heterocycles. The number of hydrogen-bond donors (Lipinski definition) is 0. The topological polar surface area (TPSA) is 12.4 Å². The molecule has 0 saturated carbocycles. The van der Waals surface area contributed by atoms with Gasteiger partial charge in [-0.2, -0.15) is 0 Å². The minimum Gasteiger partial charge on any atom is -0.261 e. The molecule has 0 unspecified atom stereocenters. The van der Waals surface area contributed by atoms with Gasteiger partial charge in [-0.3, -0.25) is 4.99 Å². The third kappa shape index (κ3) is 2.44. The zero-order valence-corrected chi connectivity index (χ0v) is 9.76. The number of nitrogens with zero attached hydrogens (tertiary/aromatic N) is 1. The molecule has 0 heterocycles. The van der Waals surface area contributed by atoms with Gasteiger partial charge in [0.25, 0.3) is 0 Å². The lowest BCUT2D eigenvalue weighted by Crippen LogP contribution is -2.10. The zero-order chi connectivity index (χ0) is 10.8.